The minimum atomic E-state index is -1.03. The average molecular weight is 246 g/mol. The van der Waals surface area contributed by atoms with Gasteiger partial charge in [-0.3, -0.25) is 9.59 Å². The van der Waals surface area contributed by atoms with Crippen molar-refractivity contribution in [3.05, 3.63) is 0 Å². The molecule has 0 saturated carbocycles. The molecule has 0 bridgehead atoms. The fraction of sp³-hybridized carbons (Fsp3) is 0.800. The number of rotatable bonds is 3. The third kappa shape index (κ3) is 3.68. The lowest BCUT2D eigenvalue weighted by Gasteiger charge is -2.35. The number of aliphatic carboxylic acids is 1. The summed E-state index contributed by atoms with van der Waals surface area (Å²) < 4.78 is 0. The van der Waals surface area contributed by atoms with E-state index in [1.54, 1.807) is 4.90 Å². The molecule has 3 N–H and O–H groups in total. The van der Waals surface area contributed by atoms with Crippen LogP contribution >= 0.6 is 11.8 Å². The number of carboxylic acids is 1. The van der Waals surface area contributed by atoms with E-state index in [0.717, 1.165) is 0 Å². The predicted molar refractivity (Wildman–Crippen MR) is 63.3 cm³/mol. The van der Waals surface area contributed by atoms with Crippen LogP contribution in [0.3, 0.4) is 0 Å². The van der Waals surface area contributed by atoms with Gasteiger partial charge in [0.05, 0.1) is 12.5 Å². The second kappa shape index (κ2) is 5.54. The van der Waals surface area contributed by atoms with Crippen molar-refractivity contribution in [2.24, 2.45) is 5.73 Å². The lowest BCUT2D eigenvalue weighted by atomic mass is 10.2. The molecule has 1 fully saturated rings. The molecule has 0 aromatic carbocycles. The third-order valence-electron chi connectivity index (χ3n) is 2.44. The van der Waals surface area contributed by atoms with E-state index in [9.17, 15) is 9.59 Å². The van der Waals surface area contributed by atoms with Crippen LogP contribution in [0.25, 0.3) is 0 Å². The van der Waals surface area contributed by atoms with E-state index >= 15 is 0 Å². The van der Waals surface area contributed by atoms with Gasteiger partial charge in [-0.2, -0.15) is 11.8 Å². The van der Waals surface area contributed by atoms with Crippen LogP contribution in [-0.2, 0) is 9.59 Å². The van der Waals surface area contributed by atoms with Gasteiger partial charge >= 0.3 is 5.97 Å². The van der Waals surface area contributed by atoms with Gasteiger partial charge < -0.3 is 15.7 Å². The number of nitrogens with zero attached hydrogens (tertiary/aromatic N) is 1. The Morgan fingerprint density at radius 2 is 1.94 bits per heavy atom. The van der Waals surface area contributed by atoms with Crippen molar-refractivity contribution >= 4 is 23.6 Å². The van der Waals surface area contributed by atoms with E-state index in [0.29, 0.717) is 23.6 Å². The van der Waals surface area contributed by atoms with E-state index < -0.39 is 12.0 Å². The van der Waals surface area contributed by atoms with Crippen LogP contribution in [0.2, 0.25) is 0 Å². The Morgan fingerprint density at radius 3 is 2.38 bits per heavy atom. The number of hydrogen-bond donors (Lipinski definition) is 2. The first kappa shape index (κ1) is 13.3. The zero-order chi connectivity index (χ0) is 12.3. The fourth-order valence-electron chi connectivity index (χ4n) is 1.87. The highest BCUT2D eigenvalue weighted by Crippen LogP contribution is 2.24. The van der Waals surface area contributed by atoms with Crippen LogP contribution < -0.4 is 5.73 Å². The Labute approximate surface area is 99.4 Å². The fourth-order valence-corrected chi connectivity index (χ4v) is 3.19. The maximum absolute atomic E-state index is 11.9. The van der Waals surface area contributed by atoms with Crippen molar-refractivity contribution in [1.29, 1.82) is 0 Å². The minimum absolute atomic E-state index is 0.249. The summed E-state index contributed by atoms with van der Waals surface area (Å²) in [4.78, 5) is 24.0. The van der Waals surface area contributed by atoms with Gasteiger partial charge in [0.15, 0.2) is 0 Å². The van der Waals surface area contributed by atoms with Crippen LogP contribution in [0.5, 0.6) is 0 Å². The Kier molecular flexibility index (Phi) is 4.61. The summed E-state index contributed by atoms with van der Waals surface area (Å²) >= 11 is 1.84. The molecule has 92 valence electrons. The Balaban J connectivity index is 2.55. The molecule has 0 spiro atoms. The molecule has 1 saturated heterocycles. The van der Waals surface area contributed by atoms with Crippen LogP contribution in [0, 0.1) is 0 Å². The van der Waals surface area contributed by atoms with E-state index in [1.807, 2.05) is 11.8 Å². The Hall–Kier alpha value is -0.750. The van der Waals surface area contributed by atoms with Gasteiger partial charge in [-0.25, -0.2) is 0 Å². The second-order valence-electron chi connectivity index (χ2n) is 4.20. The van der Waals surface area contributed by atoms with Crippen LogP contribution in [-0.4, -0.2) is 51.5 Å². The predicted octanol–water partition coefficient (Wildman–Crippen LogP) is 0.141. The number of nitrogens with two attached hydrogens (primary N) is 1. The molecular weight excluding hydrogens is 228 g/mol. The topological polar surface area (TPSA) is 83.6 Å². The van der Waals surface area contributed by atoms with Gasteiger partial charge in [0, 0.05) is 23.6 Å². The molecule has 1 heterocycles. The maximum Gasteiger partial charge on any atom is 0.305 e. The summed E-state index contributed by atoms with van der Waals surface area (Å²) in [5.41, 5.74) is 5.56. The summed E-state index contributed by atoms with van der Waals surface area (Å²) in [7, 11) is 0. The van der Waals surface area contributed by atoms with Crippen molar-refractivity contribution in [2.45, 2.75) is 36.8 Å². The molecule has 1 aliphatic rings. The molecule has 0 aromatic heterocycles. The number of carbonyl (C=O) groups excluding carboxylic acids is 1. The molecule has 6 heteroatoms. The van der Waals surface area contributed by atoms with E-state index in [-0.39, 0.29) is 12.3 Å². The third-order valence-corrected chi connectivity index (χ3v) is 3.67. The van der Waals surface area contributed by atoms with Gasteiger partial charge in [-0.15, -0.1) is 0 Å². The number of hydrogen-bond acceptors (Lipinski definition) is 4. The molecule has 1 aliphatic heterocycles. The highest BCUT2D eigenvalue weighted by Gasteiger charge is 2.29. The molecule has 0 radical (unpaired) electrons. The molecule has 3 atom stereocenters. The molecule has 0 aliphatic carbocycles. The quantitative estimate of drug-likeness (QED) is 0.740. The van der Waals surface area contributed by atoms with E-state index in [1.165, 1.54) is 0 Å². The first-order chi connectivity index (χ1) is 7.40. The summed E-state index contributed by atoms with van der Waals surface area (Å²) in [5, 5.41) is 9.34. The lowest BCUT2D eigenvalue weighted by Crippen LogP contribution is -2.51. The molecular formula is C10H18N2O3S. The molecule has 1 rings (SSSR count). The smallest absolute Gasteiger partial charge is 0.305 e. The zero-order valence-corrected chi connectivity index (χ0v) is 10.4. The van der Waals surface area contributed by atoms with Gasteiger partial charge in [0.2, 0.25) is 5.91 Å². The van der Waals surface area contributed by atoms with Gasteiger partial charge in [-0.05, 0) is 0 Å². The van der Waals surface area contributed by atoms with Gasteiger partial charge in [-0.1, -0.05) is 13.8 Å². The average Bonchev–Trinajstić information content (AvgIpc) is 2.13. The zero-order valence-electron chi connectivity index (χ0n) is 9.55. The van der Waals surface area contributed by atoms with E-state index in [4.69, 9.17) is 10.8 Å². The minimum Gasteiger partial charge on any atom is -0.481 e. The Bertz CT molecular complexity index is 275. The number of carbonyl (C=O) groups is 2. The SMILES string of the molecule is CC1CN(C(=O)C(N)CC(=O)O)CC(C)S1. The lowest BCUT2D eigenvalue weighted by molar-refractivity contribution is -0.142. The summed E-state index contributed by atoms with van der Waals surface area (Å²) in [6, 6.07) is -0.917. The largest absolute Gasteiger partial charge is 0.481 e. The number of thioether (sulfide) groups is 1. The van der Waals surface area contributed by atoms with Crippen molar-refractivity contribution < 1.29 is 14.7 Å². The van der Waals surface area contributed by atoms with Gasteiger partial charge in [0.1, 0.15) is 0 Å². The molecule has 1 amide bonds. The normalized spacial score (nSPS) is 27.6. The van der Waals surface area contributed by atoms with Crippen LogP contribution in [0.15, 0.2) is 0 Å². The highest BCUT2D eigenvalue weighted by atomic mass is 32.2. The maximum atomic E-state index is 11.9. The molecule has 5 nitrogen and oxygen atoms in total. The molecule has 16 heavy (non-hydrogen) atoms. The molecule has 0 aromatic rings. The van der Waals surface area contributed by atoms with Crippen molar-refractivity contribution in [3.8, 4) is 0 Å². The summed E-state index contributed by atoms with van der Waals surface area (Å²) in [5.74, 6) is -1.28. The monoisotopic (exact) mass is 246 g/mol. The Morgan fingerprint density at radius 1 is 1.44 bits per heavy atom. The second-order valence-corrected chi connectivity index (χ2v) is 6.09. The number of amides is 1. The standard InChI is InChI=1S/C10H18N2O3S/c1-6-4-12(5-7(2)16-6)10(15)8(11)3-9(13)14/h6-8H,3-5,11H2,1-2H3,(H,13,14). The first-order valence-corrected chi connectivity index (χ1v) is 6.26. The van der Waals surface area contributed by atoms with Crippen LogP contribution in [0.1, 0.15) is 20.3 Å². The van der Waals surface area contributed by atoms with Crippen molar-refractivity contribution in [3.63, 3.8) is 0 Å². The summed E-state index contributed by atoms with van der Waals surface area (Å²) in [6.07, 6.45) is -0.300. The van der Waals surface area contributed by atoms with Gasteiger partial charge in [0.25, 0.3) is 0 Å². The highest BCUT2D eigenvalue weighted by molar-refractivity contribution is 8.00. The van der Waals surface area contributed by atoms with Crippen LogP contribution in [0.4, 0.5) is 0 Å². The van der Waals surface area contributed by atoms with Crippen molar-refractivity contribution in [1.82, 2.24) is 4.90 Å². The van der Waals surface area contributed by atoms with Crippen molar-refractivity contribution in [2.75, 3.05) is 13.1 Å². The number of carboxylic acid groups (broad SMARTS) is 1. The summed E-state index contributed by atoms with van der Waals surface area (Å²) in [6.45, 7) is 5.43. The first-order valence-electron chi connectivity index (χ1n) is 5.31. The molecule has 3 unspecified atom stereocenters. The van der Waals surface area contributed by atoms with E-state index in [2.05, 4.69) is 13.8 Å².